The lowest BCUT2D eigenvalue weighted by Crippen LogP contribution is -2.60. The molecule has 3 rings (SSSR count). The van der Waals surface area contributed by atoms with E-state index in [-0.39, 0.29) is 12.1 Å². The van der Waals surface area contributed by atoms with Gasteiger partial charge >= 0.3 is 12.1 Å². The van der Waals surface area contributed by atoms with Gasteiger partial charge in [0, 0.05) is 32.6 Å². The molecule has 0 bridgehead atoms. The molecule has 0 aromatic heterocycles. The van der Waals surface area contributed by atoms with Crippen LogP contribution in [0.3, 0.4) is 0 Å². The first-order valence-corrected chi connectivity index (χ1v) is 11.1. The fraction of sp³-hybridized carbons (Fsp3) is 0.667. The second-order valence-corrected chi connectivity index (χ2v) is 9.78. The highest BCUT2D eigenvalue weighted by molar-refractivity contribution is 5.69. The smallest absolute Gasteiger partial charge is 0.410 e. The van der Waals surface area contributed by atoms with Crippen molar-refractivity contribution in [2.75, 3.05) is 32.7 Å². The Morgan fingerprint density at radius 2 is 1.70 bits per heavy atom. The first kappa shape index (κ1) is 22.6. The lowest BCUT2D eigenvalue weighted by molar-refractivity contribution is -0.145. The van der Waals surface area contributed by atoms with E-state index >= 15 is 0 Å². The molecular formula is C24H36N2O4. The fourth-order valence-corrected chi connectivity index (χ4v) is 4.28. The molecule has 6 nitrogen and oxygen atoms in total. The number of carbonyl (C=O) groups is 2. The minimum Gasteiger partial charge on any atom is -0.461 e. The summed E-state index contributed by atoms with van der Waals surface area (Å²) in [6.07, 6.45) is 4.27. The Morgan fingerprint density at radius 1 is 1.03 bits per heavy atom. The lowest BCUT2D eigenvalue weighted by Gasteiger charge is -2.54. The highest BCUT2D eigenvalue weighted by atomic mass is 16.6. The van der Waals surface area contributed by atoms with E-state index in [9.17, 15) is 9.59 Å². The average Bonchev–Trinajstić information content (AvgIpc) is 2.68. The van der Waals surface area contributed by atoms with Crippen molar-refractivity contribution in [3.63, 3.8) is 0 Å². The predicted octanol–water partition coefficient (Wildman–Crippen LogP) is 4.23. The number of unbranched alkanes of at least 4 members (excludes halogenated alkanes) is 1. The molecular weight excluding hydrogens is 380 g/mol. The minimum absolute atomic E-state index is 0.117. The molecule has 0 N–H and O–H groups in total. The Kier molecular flexibility index (Phi) is 7.40. The maximum Gasteiger partial charge on any atom is 0.410 e. The Morgan fingerprint density at radius 3 is 2.33 bits per heavy atom. The minimum atomic E-state index is -0.437. The number of hydrogen-bond donors (Lipinski definition) is 0. The van der Waals surface area contributed by atoms with E-state index in [0.717, 1.165) is 64.0 Å². The van der Waals surface area contributed by atoms with Crippen molar-refractivity contribution in [2.45, 2.75) is 65.1 Å². The van der Waals surface area contributed by atoms with Crippen LogP contribution < -0.4 is 0 Å². The van der Waals surface area contributed by atoms with Crippen LogP contribution >= 0.6 is 0 Å². The van der Waals surface area contributed by atoms with Gasteiger partial charge in [-0.2, -0.15) is 0 Å². The molecule has 6 heteroatoms. The van der Waals surface area contributed by atoms with Crippen molar-refractivity contribution in [2.24, 2.45) is 5.41 Å². The van der Waals surface area contributed by atoms with Crippen molar-refractivity contribution in [3.05, 3.63) is 35.9 Å². The van der Waals surface area contributed by atoms with E-state index in [4.69, 9.17) is 9.47 Å². The van der Waals surface area contributed by atoms with Gasteiger partial charge in [0.2, 0.25) is 0 Å². The summed E-state index contributed by atoms with van der Waals surface area (Å²) in [5.41, 5.74) is 0.954. The Balaban J connectivity index is 1.24. The standard InChI is InChI=1S/C24H36N2O4/c1-23(2,3)30-22(28)26-15-12-24(13-16-26)18-25(19-24)14-8-7-11-21(27)29-17-20-9-5-4-6-10-20/h4-6,9-10H,7-8,11-19H2,1-3H3. The van der Waals surface area contributed by atoms with Gasteiger partial charge in [-0.15, -0.1) is 0 Å². The van der Waals surface area contributed by atoms with Crippen molar-refractivity contribution in [1.29, 1.82) is 0 Å². The molecule has 166 valence electrons. The maximum atomic E-state index is 12.2. The van der Waals surface area contributed by atoms with Gasteiger partial charge in [0.1, 0.15) is 12.2 Å². The molecule has 1 aromatic rings. The van der Waals surface area contributed by atoms with Crippen LogP contribution in [0.15, 0.2) is 30.3 Å². The summed E-state index contributed by atoms with van der Waals surface area (Å²) in [7, 11) is 0. The summed E-state index contributed by atoms with van der Waals surface area (Å²) in [6, 6.07) is 9.78. The number of esters is 1. The largest absolute Gasteiger partial charge is 0.461 e. The summed E-state index contributed by atoms with van der Waals surface area (Å²) >= 11 is 0. The Bertz CT molecular complexity index is 698. The second kappa shape index (κ2) is 9.82. The molecule has 2 aliphatic rings. The molecule has 0 atom stereocenters. The first-order valence-electron chi connectivity index (χ1n) is 11.1. The van der Waals surface area contributed by atoms with E-state index in [0.29, 0.717) is 18.4 Å². The summed E-state index contributed by atoms with van der Waals surface area (Å²) in [4.78, 5) is 28.4. The number of hydrogen-bond acceptors (Lipinski definition) is 5. The van der Waals surface area contributed by atoms with Crippen LogP contribution in [0.5, 0.6) is 0 Å². The number of ether oxygens (including phenoxy) is 2. The monoisotopic (exact) mass is 416 g/mol. The van der Waals surface area contributed by atoms with Gasteiger partial charge in [0.05, 0.1) is 0 Å². The number of amides is 1. The maximum absolute atomic E-state index is 12.2. The normalized spacial score (nSPS) is 18.7. The van der Waals surface area contributed by atoms with Crippen LogP contribution in [0.1, 0.15) is 58.4 Å². The molecule has 2 aliphatic heterocycles. The molecule has 2 fully saturated rings. The van der Waals surface area contributed by atoms with Gasteiger partial charge in [-0.1, -0.05) is 30.3 Å². The van der Waals surface area contributed by atoms with Crippen LogP contribution in [0.2, 0.25) is 0 Å². The van der Waals surface area contributed by atoms with Gasteiger partial charge in [0.15, 0.2) is 0 Å². The second-order valence-electron chi connectivity index (χ2n) is 9.78. The Hall–Kier alpha value is -2.08. The van der Waals surface area contributed by atoms with Crippen molar-refractivity contribution in [3.8, 4) is 0 Å². The van der Waals surface area contributed by atoms with Gasteiger partial charge in [-0.25, -0.2) is 4.79 Å². The zero-order valence-corrected chi connectivity index (χ0v) is 18.7. The number of benzene rings is 1. The van der Waals surface area contributed by atoms with Crippen LogP contribution in [-0.4, -0.2) is 60.2 Å². The summed E-state index contributed by atoms with van der Waals surface area (Å²) < 4.78 is 10.8. The van der Waals surface area contributed by atoms with Gasteiger partial charge in [-0.05, 0) is 64.0 Å². The molecule has 0 saturated carbocycles. The van der Waals surface area contributed by atoms with Crippen LogP contribution in [-0.2, 0) is 20.9 Å². The third-order valence-electron chi connectivity index (χ3n) is 5.94. The van der Waals surface area contributed by atoms with Crippen molar-refractivity contribution < 1.29 is 19.1 Å². The number of likely N-dealkylation sites (tertiary alicyclic amines) is 2. The van der Waals surface area contributed by atoms with E-state index in [1.54, 1.807) is 0 Å². The summed E-state index contributed by atoms with van der Waals surface area (Å²) in [5, 5.41) is 0. The number of carbonyl (C=O) groups excluding carboxylic acids is 2. The van der Waals surface area contributed by atoms with Crippen LogP contribution in [0, 0.1) is 5.41 Å². The Labute approximate surface area is 180 Å². The number of nitrogens with zero attached hydrogens (tertiary/aromatic N) is 2. The van der Waals surface area contributed by atoms with Crippen molar-refractivity contribution in [1.82, 2.24) is 9.80 Å². The molecule has 0 radical (unpaired) electrons. The zero-order chi connectivity index (χ0) is 21.6. The molecule has 0 unspecified atom stereocenters. The van der Waals surface area contributed by atoms with Gasteiger partial charge in [0.25, 0.3) is 0 Å². The first-order chi connectivity index (χ1) is 14.2. The molecule has 2 saturated heterocycles. The van der Waals surface area contributed by atoms with E-state index < -0.39 is 5.60 Å². The van der Waals surface area contributed by atoms with E-state index in [1.165, 1.54) is 0 Å². The molecule has 1 aromatic carbocycles. The molecule has 1 amide bonds. The van der Waals surface area contributed by atoms with Crippen molar-refractivity contribution >= 4 is 12.1 Å². The molecule has 0 aliphatic carbocycles. The highest BCUT2D eigenvalue weighted by Gasteiger charge is 2.45. The third kappa shape index (κ3) is 6.73. The lowest BCUT2D eigenvalue weighted by atomic mass is 9.72. The van der Waals surface area contributed by atoms with Gasteiger partial charge < -0.3 is 19.3 Å². The molecule has 2 heterocycles. The van der Waals surface area contributed by atoms with E-state index in [1.807, 2.05) is 56.0 Å². The third-order valence-corrected chi connectivity index (χ3v) is 5.94. The number of rotatable bonds is 7. The van der Waals surface area contributed by atoms with Crippen LogP contribution in [0.4, 0.5) is 4.79 Å². The predicted molar refractivity (Wildman–Crippen MR) is 116 cm³/mol. The number of piperidine rings is 1. The fourth-order valence-electron chi connectivity index (χ4n) is 4.28. The van der Waals surface area contributed by atoms with E-state index in [2.05, 4.69) is 4.90 Å². The topological polar surface area (TPSA) is 59.1 Å². The summed E-state index contributed by atoms with van der Waals surface area (Å²) in [6.45, 7) is 10.9. The zero-order valence-electron chi connectivity index (χ0n) is 18.7. The quantitative estimate of drug-likeness (QED) is 0.492. The molecule has 1 spiro atoms. The van der Waals surface area contributed by atoms with Crippen LogP contribution in [0.25, 0.3) is 0 Å². The van der Waals surface area contributed by atoms with Gasteiger partial charge in [-0.3, -0.25) is 4.79 Å². The average molecular weight is 417 g/mol. The SMILES string of the molecule is CC(C)(C)OC(=O)N1CCC2(CC1)CN(CCCCC(=O)OCc1ccccc1)C2. The summed E-state index contributed by atoms with van der Waals surface area (Å²) in [5.74, 6) is -0.117. The molecule has 30 heavy (non-hydrogen) atoms. The highest BCUT2D eigenvalue weighted by Crippen LogP contribution is 2.40.